The summed E-state index contributed by atoms with van der Waals surface area (Å²) < 4.78 is 79.0. The van der Waals surface area contributed by atoms with Gasteiger partial charge in [-0.1, -0.05) is 6.07 Å². The van der Waals surface area contributed by atoms with Crippen molar-refractivity contribution in [1.82, 2.24) is 9.97 Å². The van der Waals surface area contributed by atoms with Gasteiger partial charge in [-0.3, -0.25) is 4.98 Å². The van der Waals surface area contributed by atoms with Gasteiger partial charge < -0.3 is 10.0 Å². The molecule has 2 aromatic rings. The lowest BCUT2D eigenvalue weighted by Crippen LogP contribution is -2.52. The third-order valence-electron chi connectivity index (χ3n) is 5.02. The van der Waals surface area contributed by atoms with Gasteiger partial charge in [-0.15, -0.1) is 0 Å². The smallest absolute Gasteiger partial charge is 0.376 e. The molecular weight excluding hydrogens is 388 g/mol. The highest BCUT2D eigenvalue weighted by molar-refractivity contribution is 5.45. The Morgan fingerprint density at radius 1 is 0.964 bits per heavy atom. The molecule has 1 unspecified atom stereocenters. The zero-order valence-electron chi connectivity index (χ0n) is 14.5. The van der Waals surface area contributed by atoms with Crippen molar-refractivity contribution in [2.45, 2.75) is 30.8 Å². The fraction of sp³-hybridized carbons (Fsp3) is 0.444. The number of nitrogens with zero attached hydrogens (tertiary/aromatic N) is 3. The normalized spacial score (nSPS) is 18.8. The number of hydrogen-bond acceptors (Lipinski definition) is 4. The number of rotatable bonds is 3. The lowest BCUT2D eigenvalue weighted by molar-refractivity contribution is -0.289. The molecule has 3 heterocycles. The molecule has 1 aliphatic heterocycles. The Morgan fingerprint density at radius 3 is 2.11 bits per heavy atom. The number of aliphatic hydroxyl groups is 1. The number of piperidine rings is 1. The Bertz CT molecular complexity index is 786. The average Bonchev–Trinajstić information content (AvgIpc) is 2.67. The summed E-state index contributed by atoms with van der Waals surface area (Å²) >= 11 is 0. The number of anilines is 1. The van der Waals surface area contributed by atoms with Crippen LogP contribution in [0.4, 0.5) is 32.0 Å². The van der Waals surface area contributed by atoms with E-state index in [0.717, 1.165) is 18.5 Å². The van der Waals surface area contributed by atoms with Crippen LogP contribution in [0.3, 0.4) is 0 Å². The number of pyridine rings is 2. The summed E-state index contributed by atoms with van der Waals surface area (Å²) in [6.45, 7) is 0.298. The third-order valence-corrected chi connectivity index (χ3v) is 5.02. The van der Waals surface area contributed by atoms with Gasteiger partial charge in [0, 0.05) is 37.0 Å². The Kier molecular flexibility index (Phi) is 5.26. The molecule has 3 rings (SSSR count). The van der Waals surface area contributed by atoms with E-state index in [1.807, 2.05) is 0 Å². The Labute approximate surface area is 156 Å². The van der Waals surface area contributed by atoms with E-state index in [-0.39, 0.29) is 31.5 Å². The first kappa shape index (κ1) is 20.4. The zero-order valence-corrected chi connectivity index (χ0v) is 14.5. The third kappa shape index (κ3) is 3.78. The maximum absolute atomic E-state index is 13.7. The predicted octanol–water partition coefficient (Wildman–Crippen LogP) is 4.16. The van der Waals surface area contributed by atoms with Gasteiger partial charge in [-0.25, -0.2) is 4.98 Å². The summed E-state index contributed by atoms with van der Waals surface area (Å²) in [5, 5.41) is 10.6. The first-order valence-electron chi connectivity index (χ1n) is 8.51. The molecule has 10 heteroatoms. The van der Waals surface area contributed by atoms with Crippen LogP contribution in [-0.4, -0.2) is 34.3 Å². The van der Waals surface area contributed by atoms with E-state index in [4.69, 9.17) is 0 Å². The molecule has 0 aliphatic carbocycles. The van der Waals surface area contributed by atoms with Crippen LogP contribution in [-0.2, 0) is 11.8 Å². The molecule has 0 bridgehead atoms. The van der Waals surface area contributed by atoms with Gasteiger partial charge in [0.15, 0.2) is 5.60 Å². The van der Waals surface area contributed by atoms with Crippen LogP contribution in [0.25, 0.3) is 0 Å². The minimum Gasteiger partial charge on any atom is -0.376 e. The highest BCUT2D eigenvalue weighted by Crippen LogP contribution is 2.48. The van der Waals surface area contributed by atoms with Crippen molar-refractivity contribution in [2.75, 3.05) is 18.0 Å². The first-order valence-corrected chi connectivity index (χ1v) is 8.51. The van der Waals surface area contributed by atoms with Gasteiger partial charge in [-0.05, 0) is 31.0 Å². The highest BCUT2D eigenvalue weighted by atomic mass is 19.4. The molecule has 1 saturated heterocycles. The summed E-state index contributed by atoms with van der Waals surface area (Å²) in [5.41, 5.74) is -4.00. The van der Waals surface area contributed by atoms with Crippen LogP contribution >= 0.6 is 0 Å². The summed E-state index contributed by atoms with van der Waals surface area (Å²) in [6.07, 6.45) is -6.06. The Hall–Kier alpha value is -2.36. The van der Waals surface area contributed by atoms with E-state index in [9.17, 15) is 31.4 Å². The fourth-order valence-corrected chi connectivity index (χ4v) is 3.52. The van der Waals surface area contributed by atoms with E-state index in [2.05, 4.69) is 9.97 Å². The topological polar surface area (TPSA) is 49.3 Å². The largest absolute Gasteiger partial charge is 0.433 e. The molecular formula is C18H17F6N3O. The Morgan fingerprint density at radius 2 is 1.64 bits per heavy atom. The van der Waals surface area contributed by atoms with Gasteiger partial charge in [0.1, 0.15) is 5.69 Å². The van der Waals surface area contributed by atoms with Crippen LogP contribution in [0, 0.1) is 5.92 Å². The summed E-state index contributed by atoms with van der Waals surface area (Å²) in [4.78, 5) is 8.71. The zero-order chi connectivity index (χ0) is 20.6. The molecule has 0 radical (unpaired) electrons. The van der Waals surface area contributed by atoms with E-state index >= 15 is 0 Å². The molecule has 28 heavy (non-hydrogen) atoms. The minimum absolute atomic E-state index is 0.00588. The van der Waals surface area contributed by atoms with E-state index in [1.54, 1.807) is 4.90 Å². The summed E-state index contributed by atoms with van der Waals surface area (Å²) in [6, 6.07) is 4.60. The SMILES string of the molecule is OC(c1cccnc1)(C1CCN(c2ccc(C(F)(F)F)nc2)CC1)C(F)(F)F. The average molecular weight is 405 g/mol. The van der Waals surface area contributed by atoms with Gasteiger partial charge in [-0.2, -0.15) is 26.3 Å². The quantitative estimate of drug-likeness (QED) is 0.780. The summed E-state index contributed by atoms with van der Waals surface area (Å²) in [5.74, 6) is -1.10. The molecule has 1 fully saturated rings. The standard InChI is InChI=1S/C18H17F6N3O/c19-17(20,21)15-4-3-14(11-26-15)27-8-5-12(6-9-27)16(28,18(22,23)24)13-2-1-7-25-10-13/h1-4,7,10-12,28H,5-6,8-9H2. The molecule has 0 saturated carbocycles. The van der Waals surface area contributed by atoms with Crippen molar-refractivity contribution in [3.05, 3.63) is 54.1 Å². The summed E-state index contributed by atoms with van der Waals surface area (Å²) in [7, 11) is 0. The second-order valence-corrected chi connectivity index (χ2v) is 6.67. The fourth-order valence-electron chi connectivity index (χ4n) is 3.52. The second kappa shape index (κ2) is 7.23. The second-order valence-electron chi connectivity index (χ2n) is 6.67. The van der Waals surface area contributed by atoms with Crippen LogP contribution < -0.4 is 4.90 Å². The number of halogens is 6. The van der Waals surface area contributed by atoms with E-state index in [0.29, 0.717) is 5.69 Å². The van der Waals surface area contributed by atoms with Gasteiger partial charge in [0.2, 0.25) is 0 Å². The van der Waals surface area contributed by atoms with Crippen molar-refractivity contribution in [2.24, 2.45) is 5.92 Å². The lowest BCUT2D eigenvalue weighted by atomic mass is 9.76. The predicted molar refractivity (Wildman–Crippen MR) is 88.4 cm³/mol. The highest BCUT2D eigenvalue weighted by Gasteiger charge is 2.59. The van der Waals surface area contributed by atoms with Gasteiger partial charge in [0.05, 0.1) is 11.9 Å². The molecule has 0 aromatic carbocycles. The number of hydrogen-bond donors (Lipinski definition) is 1. The van der Waals surface area contributed by atoms with Crippen molar-refractivity contribution in [1.29, 1.82) is 0 Å². The molecule has 0 spiro atoms. The maximum atomic E-state index is 13.7. The molecule has 4 nitrogen and oxygen atoms in total. The van der Waals surface area contributed by atoms with Crippen LogP contribution in [0.2, 0.25) is 0 Å². The van der Waals surface area contributed by atoms with E-state index < -0.39 is 29.6 Å². The van der Waals surface area contributed by atoms with Crippen molar-refractivity contribution in [3.8, 4) is 0 Å². The lowest BCUT2D eigenvalue weighted by Gasteiger charge is -2.43. The molecule has 1 atom stereocenters. The van der Waals surface area contributed by atoms with Crippen molar-refractivity contribution < 1.29 is 31.4 Å². The minimum atomic E-state index is -4.89. The van der Waals surface area contributed by atoms with Gasteiger partial charge in [0.25, 0.3) is 0 Å². The maximum Gasteiger partial charge on any atom is 0.433 e. The van der Waals surface area contributed by atoms with Gasteiger partial charge >= 0.3 is 12.4 Å². The number of alkyl halides is 6. The van der Waals surface area contributed by atoms with Crippen LogP contribution in [0.15, 0.2) is 42.9 Å². The van der Waals surface area contributed by atoms with Crippen molar-refractivity contribution in [3.63, 3.8) is 0 Å². The molecule has 0 amide bonds. The Balaban J connectivity index is 1.76. The van der Waals surface area contributed by atoms with Crippen molar-refractivity contribution >= 4 is 5.69 Å². The molecule has 1 aliphatic rings. The van der Waals surface area contributed by atoms with Crippen LogP contribution in [0.1, 0.15) is 24.1 Å². The number of aromatic nitrogens is 2. The molecule has 152 valence electrons. The monoisotopic (exact) mass is 405 g/mol. The first-order chi connectivity index (χ1) is 13.0. The van der Waals surface area contributed by atoms with Crippen LogP contribution in [0.5, 0.6) is 0 Å². The van der Waals surface area contributed by atoms with E-state index in [1.165, 1.54) is 24.4 Å². The molecule has 2 aromatic heterocycles. The molecule has 1 N–H and O–H groups in total.